The lowest BCUT2D eigenvalue weighted by Gasteiger charge is -2.41. The molecule has 19 heavy (non-hydrogen) atoms. The third-order valence-corrected chi connectivity index (χ3v) is 9.78. The fraction of sp³-hybridized carbons (Fsp3) is 1.00. The summed E-state index contributed by atoms with van der Waals surface area (Å²) in [6.07, 6.45) is 0.168. The van der Waals surface area contributed by atoms with Gasteiger partial charge < -0.3 is 19.4 Å². The molecule has 0 radical (unpaired) electrons. The molecule has 5 atom stereocenters. The van der Waals surface area contributed by atoms with Gasteiger partial charge >= 0.3 is 0 Å². The van der Waals surface area contributed by atoms with Gasteiger partial charge in [0.2, 0.25) is 0 Å². The van der Waals surface area contributed by atoms with Crippen molar-refractivity contribution in [3.05, 3.63) is 0 Å². The van der Waals surface area contributed by atoms with Gasteiger partial charge in [0.15, 0.2) is 14.6 Å². The Morgan fingerprint density at radius 3 is 2.42 bits per heavy atom. The Hall–Kier alpha value is 0.0569. The van der Waals surface area contributed by atoms with E-state index >= 15 is 0 Å². The highest BCUT2D eigenvalue weighted by molar-refractivity contribution is 6.74. The molecular formula is C14H28O4Si. The van der Waals surface area contributed by atoms with Gasteiger partial charge in [-0.1, -0.05) is 20.8 Å². The van der Waals surface area contributed by atoms with Crippen LogP contribution in [0.3, 0.4) is 0 Å². The minimum absolute atomic E-state index is 0.0352. The standard InChI is InChI=1S/C14H28O4Si/c1-14(2,3)19(4,5)18-12-9(7-15)6-10-11(12)8-17-13(10)16/h9-13,15-16H,6-8H2,1-5H3/t9-,10?,11-,12-,13+/m1/s1. The molecule has 1 saturated heterocycles. The Morgan fingerprint density at radius 2 is 1.89 bits per heavy atom. The molecule has 2 N–H and O–H groups in total. The van der Waals surface area contributed by atoms with E-state index in [4.69, 9.17) is 9.16 Å². The number of rotatable bonds is 3. The van der Waals surface area contributed by atoms with E-state index in [1.807, 2.05) is 0 Å². The first-order valence-corrected chi connectivity index (χ1v) is 10.2. The van der Waals surface area contributed by atoms with Crippen LogP contribution in [0.2, 0.25) is 18.1 Å². The quantitative estimate of drug-likeness (QED) is 0.780. The predicted molar refractivity (Wildman–Crippen MR) is 76.2 cm³/mol. The lowest BCUT2D eigenvalue weighted by atomic mass is 9.98. The van der Waals surface area contributed by atoms with Gasteiger partial charge in [-0.3, -0.25) is 0 Å². The Balaban J connectivity index is 2.14. The van der Waals surface area contributed by atoms with Gasteiger partial charge in [-0.15, -0.1) is 0 Å². The SMILES string of the molecule is CC(C)(C)[Si](C)(C)O[C@@H]1[C@@H](CO)CC2[C@H]1CO[C@@H]2O. The molecule has 4 nitrogen and oxygen atoms in total. The van der Waals surface area contributed by atoms with Gasteiger partial charge in [0.25, 0.3) is 0 Å². The summed E-state index contributed by atoms with van der Waals surface area (Å²) in [6, 6.07) is 0. The van der Waals surface area contributed by atoms with E-state index < -0.39 is 14.6 Å². The first-order chi connectivity index (χ1) is 8.67. The van der Waals surface area contributed by atoms with Crippen LogP contribution >= 0.6 is 0 Å². The summed E-state index contributed by atoms with van der Waals surface area (Å²) in [7, 11) is -1.86. The van der Waals surface area contributed by atoms with Crippen molar-refractivity contribution in [3.8, 4) is 0 Å². The van der Waals surface area contributed by atoms with Gasteiger partial charge in [0.05, 0.1) is 12.7 Å². The maximum Gasteiger partial charge on any atom is 0.192 e. The van der Waals surface area contributed by atoms with Crippen LogP contribution in [0.15, 0.2) is 0 Å². The molecule has 2 aliphatic rings. The third-order valence-electron chi connectivity index (χ3n) is 5.31. The predicted octanol–water partition coefficient (Wildman–Crippen LogP) is 1.97. The van der Waals surface area contributed by atoms with Crippen LogP contribution < -0.4 is 0 Å². The molecule has 2 rings (SSSR count). The van der Waals surface area contributed by atoms with Crippen LogP contribution in [-0.2, 0) is 9.16 Å². The normalized spacial score (nSPS) is 39.6. The average Bonchev–Trinajstić information content (AvgIpc) is 2.79. The zero-order chi connectivity index (χ0) is 14.4. The minimum Gasteiger partial charge on any atom is -0.413 e. The molecule has 1 aliphatic carbocycles. The monoisotopic (exact) mass is 288 g/mol. The third kappa shape index (κ3) is 2.76. The summed E-state index contributed by atoms with van der Waals surface area (Å²) in [6.45, 7) is 11.8. The number of fused-ring (bicyclic) bond motifs is 1. The van der Waals surface area contributed by atoms with Crippen LogP contribution in [0.5, 0.6) is 0 Å². The summed E-state index contributed by atoms with van der Waals surface area (Å²) in [5, 5.41) is 19.6. The van der Waals surface area contributed by atoms with E-state index in [0.29, 0.717) is 6.61 Å². The van der Waals surface area contributed by atoms with Crippen molar-refractivity contribution in [1.29, 1.82) is 0 Å². The number of aliphatic hydroxyl groups is 2. The number of hydrogen-bond donors (Lipinski definition) is 2. The van der Waals surface area contributed by atoms with Crippen molar-refractivity contribution >= 4 is 8.32 Å². The summed E-state index contributed by atoms with van der Waals surface area (Å²) in [5.74, 6) is 0.510. The Bertz CT molecular complexity index is 326. The second kappa shape index (κ2) is 5.11. The highest BCUT2D eigenvalue weighted by atomic mass is 28.4. The van der Waals surface area contributed by atoms with E-state index in [2.05, 4.69) is 33.9 Å². The first-order valence-electron chi connectivity index (χ1n) is 7.25. The van der Waals surface area contributed by atoms with Crippen LogP contribution in [0.25, 0.3) is 0 Å². The van der Waals surface area contributed by atoms with E-state index in [9.17, 15) is 10.2 Å². The lowest BCUT2D eigenvalue weighted by Crippen LogP contribution is -2.47. The van der Waals surface area contributed by atoms with E-state index in [1.54, 1.807) is 0 Å². The Labute approximate surface area is 117 Å². The van der Waals surface area contributed by atoms with Crippen molar-refractivity contribution in [3.63, 3.8) is 0 Å². The number of aliphatic hydroxyl groups excluding tert-OH is 2. The van der Waals surface area contributed by atoms with Crippen molar-refractivity contribution in [2.24, 2.45) is 17.8 Å². The van der Waals surface area contributed by atoms with Gasteiger partial charge in [-0.2, -0.15) is 0 Å². The minimum atomic E-state index is -1.86. The van der Waals surface area contributed by atoms with Gasteiger partial charge in [-0.25, -0.2) is 0 Å². The molecule has 0 aromatic carbocycles. The number of hydrogen-bond acceptors (Lipinski definition) is 4. The molecule has 0 spiro atoms. The van der Waals surface area contributed by atoms with Gasteiger partial charge in [0.1, 0.15) is 0 Å². The number of ether oxygens (including phenoxy) is 1. The van der Waals surface area contributed by atoms with Gasteiger partial charge in [-0.05, 0) is 24.6 Å². The molecule has 1 aliphatic heterocycles. The van der Waals surface area contributed by atoms with Gasteiger partial charge in [0, 0.05) is 24.4 Å². The lowest BCUT2D eigenvalue weighted by molar-refractivity contribution is -0.0871. The molecule has 0 amide bonds. The Morgan fingerprint density at radius 1 is 1.26 bits per heavy atom. The molecule has 1 heterocycles. The summed E-state index contributed by atoms with van der Waals surface area (Å²) in [4.78, 5) is 0. The molecular weight excluding hydrogens is 260 g/mol. The topological polar surface area (TPSA) is 58.9 Å². The van der Waals surface area contributed by atoms with Crippen LogP contribution in [-0.4, -0.2) is 44.1 Å². The van der Waals surface area contributed by atoms with E-state index in [1.165, 1.54) is 0 Å². The maximum atomic E-state index is 9.84. The molecule has 5 heteroatoms. The molecule has 1 saturated carbocycles. The van der Waals surface area contributed by atoms with Crippen molar-refractivity contribution in [2.75, 3.05) is 13.2 Å². The molecule has 2 fully saturated rings. The summed E-state index contributed by atoms with van der Waals surface area (Å²) < 4.78 is 11.9. The van der Waals surface area contributed by atoms with Crippen molar-refractivity contribution in [1.82, 2.24) is 0 Å². The highest BCUT2D eigenvalue weighted by Gasteiger charge is 2.53. The smallest absolute Gasteiger partial charge is 0.192 e. The summed E-state index contributed by atoms with van der Waals surface area (Å²) in [5.41, 5.74) is 0. The highest BCUT2D eigenvalue weighted by Crippen LogP contribution is 2.48. The fourth-order valence-corrected chi connectivity index (χ4v) is 4.41. The summed E-state index contributed by atoms with van der Waals surface area (Å²) >= 11 is 0. The maximum absolute atomic E-state index is 9.84. The fourth-order valence-electron chi connectivity index (χ4n) is 3.01. The molecule has 0 aromatic heterocycles. The second-order valence-corrected chi connectivity index (χ2v) is 12.3. The molecule has 112 valence electrons. The van der Waals surface area contributed by atoms with Crippen LogP contribution in [0.1, 0.15) is 27.2 Å². The zero-order valence-electron chi connectivity index (χ0n) is 12.7. The van der Waals surface area contributed by atoms with Crippen molar-refractivity contribution in [2.45, 2.75) is 57.7 Å². The average molecular weight is 288 g/mol. The van der Waals surface area contributed by atoms with Crippen molar-refractivity contribution < 1.29 is 19.4 Å². The second-order valence-electron chi connectivity index (χ2n) is 7.57. The molecule has 0 aromatic rings. The molecule has 1 unspecified atom stereocenters. The first kappa shape index (κ1) is 15.4. The van der Waals surface area contributed by atoms with Crippen LogP contribution in [0, 0.1) is 17.8 Å². The largest absolute Gasteiger partial charge is 0.413 e. The van der Waals surface area contributed by atoms with E-state index in [0.717, 1.165) is 6.42 Å². The molecule has 0 bridgehead atoms. The Kier molecular flexibility index (Phi) is 4.16. The zero-order valence-corrected chi connectivity index (χ0v) is 13.7. The van der Waals surface area contributed by atoms with E-state index in [-0.39, 0.29) is 35.5 Å². The van der Waals surface area contributed by atoms with Crippen LogP contribution in [0.4, 0.5) is 0 Å².